The van der Waals surface area contributed by atoms with Gasteiger partial charge in [0.2, 0.25) is 0 Å². The van der Waals surface area contributed by atoms with Crippen LogP contribution in [0.5, 0.6) is 0 Å². The Bertz CT molecular complexity index is 350. The third-order valence-corrected chi connectivity index (χ3v) is 2.07. The van der Waals surface area contributed by atoms with E-state index in [1.807, 2.05) is 0 Å². The molecule has 0 bridgehead atoms. The van der Waals surface area contributed by atoms with Gasteiger partial charge < -0.3 is 15.3 Å². The molecule has 0 aliphatic rings. The monoisotopic (exact) mass is 216 g/mol. The summed E-state index contributed by atoms with van der Waals surface area (Å²) in [5.41, 5.74) is -2.84. The molecule has 0 spiro atoms. The lowest BCUT2D eigenvalue weighted by Crippen LogP contribution is -2.32. The summed E-state index contributed by atoms with van der Waals surface area (Å²) < 4.78 is 0. The molecule has 0 radical (unpaired) electrons. The summed E-state index contributed by atoms with van der Waals surface area (Å²) in [6.45, 7) is 3.35. The molecule has 15 heavy (non-hydrogen) atoms. The molecule has 84 valence electrons. The van der Waals surface area contributed by atoms with Gasteiger partial charge in [-0.2, -0.15) is 0 Å². The van der Waals surface area contributed by atoms with Crippen LogP contribution in [0.15, 0.2) is 11.1 Å². The molecule has 6 heteroatoms. The fourth-order valence-electron chi connectivity index (χ4n) is 1.11. The Morgan fingerprint density at radius 1 is 0.933 bits per heavy atom. The number of carboxylic acid groups (broad SMARTS) is 3. The van der Waals surface area contributed by atoms with E-state index in [0.29, 0.717) is 0 Å². The average molecular weight is 216 g/mol. The summed E-state index contributed by atoms with van der Waals surface area (Å²) in [5, 5.41) is 26.2. The predicted octanol–water partition coefficient (Wildman–Crippen LogP) is 0.583. The zero-order valence-corrected chi connectivity index (χ0v) is 8.57. The van der Waals surface area contributed by atoms with Crippen molar-refractivity contribution in [3.63, 3.8) is 0 Å². The van der Waals surface area contributed by atoms with Crippen molar-refractivity contribution in [3.05, 3.63) is 11.1 Å². The van der Waals surface area contributed by atoms with Gasteiger partial charge in [0.15, 0.2) is 0 Å². The normalized spacial score (nSPS) is 13.0. The van der Waals surface area contributed by atoms with Crippen molar-refractivity contribution in [2.24, 2.45) is 5.41 Å². The molecule has 3 N–H and O–H groups in total. The fourth-order valence-corrected chi connectivity index (χ4v) is 1.11. The van der Waals surface area contributed by atoms with Gasteiger partial charge in [0.1, 0.15) is 0 Å². The molecule has 6 nitrogen and oxygen atoms in total. The van der Waals surface area contributed by atoms with Gasteiger partial charge >= 0.3 is 17.9 Å². The first-order valence-electron chi connectivity index (χ1n) is 4.03. The summed E-state index contributed by atoms with van der Waals surface area (Å²) in [4.78, 5) is 32.2. The van der Waals surface area contributed by atoms with E-state index in [9.17, 15) is 14.4 Å². The van der Waals surface area contributed by atoms with Gasteiger partial charge in [-0.3, -0.25) is 4.79 Å². The Balaban J connectivity index is 5.75. The van der Waals surface area contributed by atoms with Gasteiger partial charge in [-0.05, 0) is 20.8 Å². The van der Waals surface area contributed by atoms with E-state index in [1.54, 1.807) is 0 Å². The Morgan fingerprint density at radius 3 is 1.53 bits per heavy atom. The minimum absolute atomic E-state index is 0.477. The highest BCUT2D eigenvalue weighted by Gasteiger charge is 2.38. The zero-order valence-electron chi connectivity index (χ0n) is 8.57. The van der Waals surface area contributed by atoms with Crippen LogP contribution in [0, 0.1) is 5.41 Å². The first kappa shape index (κ1) is 13.2. The molecule has 0 aliphatic carbocycles. The summed E-state index contributed by atoms with van der Waals surface area (Å²) in [6, 6.07) is 0. The molecule has 0 unspecified atom stereocenters. The van der Waals surface area contributed by atoms with Gasteiger partial charge in [-0.25, -0.2) is 9.59 Å². The van der Waals surface area contributed by atoms with E-state index >= 15 is 0 Å². The van der Waals surface area contributed by atoms with Gasteiger partial charge in [-0.15, -0.1) is 0 Å². The minimum atomic E-state index is -1.74. The molecule has 0 aromatic carbocycles. The molecular formula is C9H12O6. The number of hydrogen-bond acceptors (Lipinski definition) is 3. The maximum atomic E-state index is 10.8. The minimum Gasteiger partial charge on any atom is -0.481 e. The smallest absolute Gasteiger partial charge is 0.333 e. The van der Waals surface area contributed by atoms with E-state index in [2.05, 4.69) is 0 Å². The van der Waals surface area contributed by atoms with Crippen molar-refractivity contribution >= 4 is 17.9 Å². The van der Waals surface area contributed by atoms with E-state index < -0.39 is 34.5 Å². The number of aliphatic carboxylic acids is 3. The molecular weight excluding hydrogens is 204 g/mol. The van der Waals surface area contributed by atoms with Crippen LogP contribution in [-0.2, 0) is 14.4 Å². The first-order valence-corrected chi connectivity index (χ1v) is 4.03. The maximum Gasteiger partial charge on any atom is 0.333 e. The molecule has 0 amide bonds. The largest absolute Gasteiger partial charge is 0.481 e. The number of rotatable bonds is 4. The Labute approximate surface area is 85.8 Å². The van der Waals surface area contributed by atoms with Crippen LogP contribution in [0.1, 0.15) is 20.8 Å². The molecule has 0 rings (SSSR count). The number of hydrogen-bond donors (Lipinski definition) is 3. The highest BCUT2D eigenvalue weighted by Crippen LogP contribution is 2.29. The molecule has 0 aromatic rings. The van der Waals surface area contributed by atoms with Gasteiger partial charge in [-0.1, -0.05) is 0 Å². The Hall–Kier alpha value is -1.85. The van der Waals surface area contributed by atoms with Gasteiger partial charge in [0, 0.05) is 5.57 Å². The third-order valence-electron chi connectivity index (χ3n) is 2.07. The highest BCUT2D eigenvalue weighted by atomic mass is 16.4. The van der Waals surface area contributed by atoms with Crippen LogP contribution in [0.2, 0.25) is 0 Å². The third kappa shape index (κ3) is 2.55. The van der Waals surface area contributed by atoms with Crippen LogP contribution < -0.4 is 0 Å². The van der Waals surface area contributed by atoms with Crippen molar-refractivity contribution in [3.8, 4) is 0 Å². The quantitative estimate of drug-likeness (QED) is 0.592. The van der Waals surface area contributed by atoms with Crippen molar-refractivity contribution in [1.29, 1.82) is 0 Å². The molecule has 0 aromatic heterocycles. The van der Waals surface area contributed by atoms with Gasteiger partial charge in [0.25, 0.3) is 0 Å². The lowest BCUT2D eigenvalue weighted by Gasteiger charge is -2.21. The maximum absolute atomic E-state index is 10.8. The Morgan fingerprint density at radius 2 is 1.33 bits per heavy atom. The predicted molar refractivity (Wildman–Crippen MR) is 49.4 cm³/mol. The summed E-state index contributed by atoms with van der Waals surface area (Å²) >= 11 is 0. The standard InChI is InChI=1S/C9H12O6/c1-4(6(10)11)5(7(12)13)9(2,3)8(14)15/h1-3H3,(H,10,11)(H,12,13)(H,14,15)/b5-4-. The van der Waals surface area contributed by atoms with E-state index in [4.69, 9.17) is 15.3 Å². The Kier molecular flexibility index (Phi) is 3.61. The summed E-state index contributed by atoms with van der Waals surface area (Å²) in [5.74, 6) is -4.37. The second kappa shape index (κ2) is 4.12. The molecule has 0 saturated heterocycles. The number of carboxylic acids is 3. The van der Waals surface area contributed by atoms with E-state index in [0.717, 1.165) is 20.8 Å². The lowest BCUT2D eigenvalue weighted by molar-refractivity contribution is -0.148. The summed E-state index contributed by atoms with van der Waals surface area (Å²) in [7, 11) is 0. The summed E-state index contributed by atoms with van der Waals surface area (Å²) in [6.07, 6.45) is 0. The topological polar surface area (TPSA) is 112 Å². The molecule has 0 atom stereocenters. The van der Waals surface area contributed by atoms with Crippen molar-refractivity contribution in [2.75, 3.05) is 0 Å². The zero-order chi connectivity index (χ0) is 12.4. The van der Waals surface area contributed by atoms with E-state index in [-0.39, 0.29) is 0 Å². The lowest BCUT2D eigenvalue weighted by atomic mass is 9.81. The molecule has 0 aliphatic heterocycles. The van der Waals surface area contributed by atoms with Crippen LogP contribution >= 0.6 is 0 Å². The van der Waals surface area contributed by atoms with Crippen LogP contribution in [0.3, 0.4) is 0 Å². The second-order valence-corrected chi connectivity index (χ2v) is 3.54. The van der Waals surface area contributed by atoms with Gasteiger partial charge in [0.05, 0.1) is 11.0 Å². The molecule has 0 saturated carbocycles. The SMILES string of the molecule is C/C(C(=O)O)=C(\C(=O)O)C(C)(C)C(=O)O. The average Bonchev–Trinajstić information content (AvgIpc) is 2.02. The van der Waals surface area contributed by atoms with Crippen molar-refractivity contribution < 1.29 is 29.7 Å². The van der Waals surface area contributed by atoms with Crippen LogP contribution in [0.25, 0.3) is 0 Å². The van der Waals surface area contributed by atoms with E-state index in [1.165, 1.54) is 0 Å². The first-order chi connectivity index (χ1) is 6.62. The molecule has 0 fully saturated rings. The fraction of sp³-hybridized carbons (Fsp3) is 0.444. The number of carbonyl (C=O) groups is 3. The van der Waals surface area contributed by atoms with Crippen LogP contribution in [-0.4, -0.2) is 33.2 Å². The highest BCUT2D eigenvalue weighted by molar-refractivity contribution is 6.03. The second-order valence-electron chi connectivity index (χ2n) is 3.54. The van der Waals surface area contributed by atoms with Crippen LogP contribution in [0.4, 0.5) is 0 Å². The van der Waals surface area contributed by atoms with Crippen molar-refractivity contribution in [2.45, 2.75) is 20.8 Å². The van der Waals surface area contributed by atoms with Crippen molar-refractivity contribution in [1.82, 2.24) is 0 Å². The molecule has 0 heterocycles.